The molecule has 1 amide bonds. The first-order valence-electron chi connectivity index (χ1n) is 10.9. The maximum absolute atomic E-state index is 14.5. The lowest BCUT2D eigenvalue weighted by Crippen LogP contribution is -2.36. The van der Waals surface area contributed by atoms with E-state index in [0.29, 0.717) is 27.9 Å². The lowest BCUT2D eigenvalue weighted by Gasteiger charge is -2.31. The third-order valence-corrected chi connectivity index (χ3v) is 7.01. The Bertz CT molecular complexity index is 1470. The zero-order chi connectivity index (χ0) is 23.1. The van der Waals surface area contributed by atoms with Crippen LogP contribution in [0, 0.1) is 5.82 Å². The van der Waals surface area contributed by atoms with Crippen LogP contribution in [-0.2, 0) is 11.3 Å². The standard InChI is InChI=1S/C28H19FN2O2S/c29-21-13-8-16-24-26(21)30-28(34-24)31(17-18-9-2-1-3-10-18)27(32)25-19-11-4-6-14-22(19)33-23-15-7-5-12-20(23)25/h1-16,25H,17H2. The minimum absolute atomic E-state index is 0.133. The number of anilines is 1. The minimum atomic E-state index is -0.568. The summed E-state index contributed by atoms with van der Waals surface area (Å²) in [5.41, 5.74) is 2.85. The molecule has 0 bridgehead atoms. The molecule has 0 unspecified atom stereocenters. The summed E-state index contributed by atoms with van der Waals surface area (Å²) in [7, 11) is 0. The van der Waals surface area contributed by atoms with Crippen molar-refractivity contribution in [3.05, 3.63) is 120 Å². The molecule has 4 aromatic carbocycles. The quantitative estimate of drug-likeness (QED) is 0.289. The fourth-order valence-electron chi connectivity index (χ4n) is 4.36. The van der Waals surface area contributed by atoms with Gasteiger partial charge in [0, 0.05) is 11.1 Å². The minimum Gasteiger partial charge on any atom is -0.457 e. The molecule has 6 rings (SSSR count). The molecule has 1 aromatic heterocycles. The molecule has 0 N–H and O–H groups in total. The van der Waals surface area contributed by atoms with Gasteiger partial charge in [-0.05, 0) is 29.8 Å². The highest BCUT2D eigenvalue weighted by Crippen LogP contribution is 2.45. The van der Waals surface area contributed by atoms with E-state index in [2.05, 4.69) is 4.98 Å². The number of hydrogen-bond donors (Lipinski definition) is 0. The van der Waals surface area contributed by atoms with Crippen LogP contribution in [0.3, 0.4) is 0 Å². The normalized spacial score (nSPS) is 12.6. The molecular formula is C28H19FN2O2S. The van der Waals surface area contributed by atoms with Crippen molar-refractivity contribution in [2.75, 3.05) is 4.90 Å². The van der Waals surface area contributed by atoms with Crippen LogP contribution >= 0.6 is 11.3 Å². The molecule has 4 nitrogen and oxygen atoms in total. The second kappa shape index (κ2) is 8.39. The monoisotopic (exact) mass is 466 g/mol. The molecule has 0 aliphatic carbocycles. The third kappa shape index (κ3) is 3.53. The van der Waals surface area contributed by atoms with E-state index < -0.39 is 11.7 Å². The number of carbonyl (C=O) groups is 1. The molecule has 0 spiro atoms. The Balaban J connectivity index is 1.50. The van der Waals surface area contributed by atoms with Gasteiger partial charge in [0.1, 0.15) is 22.8 Å². The van der Waals surface area contributed by atoms with Crippen LogP contribution in [0.15, 0.2) is 97.1 Å². The Kier molecular flexibility index (Phi) is 5.08. The number of nitrogens with zero attached hydrogens (tertiary/aromatic N) is 2. The molecular weight excluding hydrogens is 447 g/mol. The van der Waals surface area contributed by atoms with Crippen molar-refractivity contribution >= 4 is 32.6 Å². The fourth-order valence-corrected chi connectivity index (χ4v) is 5.34. The van der Waals surface area contributed by atoms with E-state index in [1.54, 1.807) is 11.0 Å². The van der Waals surface area contributed by atoms with Gasteiger partial charge >= 0.3 is 0 Å². The van der Waals surface area contributed by atoms with Crippen molar-refractivity contribution in [2.24, 2.45) is 0 Å². The lowest BCUT2D eigenvalue weighted by molar-refractivity contribution is -0.119. The molecule has 5 aromatic rings. The van der Waals surface area contributed by atoms with Crippen molar-refractivity contribution in [1.82, 2.24) is 4.98 Å². The molecule has 1 aliphatic rings. The first-order chi connectivity index (χ1) is 16.7. The Labute approximate surface area is 199 Å². The molecule has 0 saturated heterocycles. The average molecular weight is 467 g/mol. The van der Waals surface area contributed by atoms with E-state index in [1.807, 2.05) is 84.9 Å². The maximum Gasteiger partial charge on any atom is 0.241 e. The first-order valence-corrected chi connectivity index (χ1v) is 11.8. The number of halogens is 1. The van der Waals surface area contributed by atoms with Crippen molar-refractivity contribution in [3.63, 3.8) is 0 Å². The Morgan fingerprint density at radius 2 is 1.50 bits per heavy atom. The van der Waals surface area contributed by atoms with Gasteiger partial charge < -0.3 is 4.74 Å². The van der Waals surface area contributed by atoms with E-state index in [9.17, 15) is 9.18 Å². The molecule has 2 heterocycles. The summed E-state index contributed by atoms with van der Waals surface area (Å²) in [4.78, 5) is 20.6. The molecule has 0 saturated carbocycles. The van der Waals surface area contributed by atoms with Gasteiger partial charge in [-0.25, -0.2) is 9.37 Å². The van der Waals surface area contributed by atoms with Gasteiger partial charge in [0.15, 0.2) is 5.13 Å². The number of ether oxygens (including phenoxy) is 1. The third-order valence-electron chi connectivity index (χ3n) is 5.97. The van der Waals surface area contributed by atoms with E-state index >= 15 is 0 Å². The van der Waals surface area contributed by atoms with Crippen LogP contribution in [0.25, 0.3) is 10.2 Å². The molecule has 0 atom stereocenters. The van der Waals surface area contributed by atoms with E-state index in [4.69, 9.17) is 4.74 Å². The predicted molar refractivity (Wildman–Crippen MR) is 132 cm³/mol. The van der Waals surface area contributed by atoms with E-state index in [-0.39, 0.29) is 11.4 Å². The number of rotatable bonds is 4. The number of amides is 1. The second-order valence-electron chi connectivity index (χ2n) is 8.10. The average Bonchev–Trinajstić information content (AvgIpc) is 3.31. The number of thiazole rings is 1. The first kappa shape index (κ1) is 20.6. The maximum atomic E-state index is 14.5. The van der Waals surface area contributed by atoms with Crippen molar-refractivity contribution in [2.45, 2.75) is 12.5 Å². The highest BCUT2D eigenvalue weighted by atomic mass is 32.1. The molecule has 166 valence electrons. The van der Waals surface area contributed by atoms with Gasteiger partial charge in [-0.3, -0.25) is 9.69 Å². The van der Waals surface area contributed by atoms with Crippen molar-refractivity contribution in [3.8, 4) is 11.5 Å². The number of fused-ring (bicyclic) bond motifs is 3. The molecule has 6 heteroatoms. The highest BCUT2D eigenvalue weighted by molar-refractivity contribution is 7.22. The van der Waals surface area contributed by atoms with Gasteiger partial charge in [-0.2, -0.15) is 0 Å². The van der Waals surface area contributed by atoms with Crippen LogP contribution in [0.2, 0.25) is 0 Å². The summed E-state index contributed by atoms with van der Waals surface area (Å²) in [6, 6.07) is 29.8. The summed E-state index contributed by atoms with van der Waals surface area (Å²) < 4.78 is 21.3. The smallest absolute Gasteiger partial charge is 0.241 e. The van der Waals surface area contributed by atoms with Crippen LogP contribution < -0.4 is 9.64 Å². The van der Waals surface area contributed by atoms with Gasteiger partial charge in [0.25, 0.3) is 0 Å². The number of carbonyl (C=O) groups excluding carboxylic acids is 1. The van der Waals surface area contributed by atoms with Gasteiger partial charge in [-0.1, -0.05) is 84.1 Å². The number of hydrogen-bond acceptors (Lipinski definition) is 4. The molecule has 1 aliphatic heterocycles. The van der Waals surface area contributed by atoms with Crippen LogP contribution in [0.1, 0.15) is 22.6 Å². The molecule has 0 radical (unpaired) electrons. The number of para-hydroxylation sites is 3. The highest BCUT2D eigenvalue weighted by Gasteiger charge is 2.36. The molecule has 34 heavy (non-hydrogen) atoms. The Hall–Kier alpha value is -4.03. The summed E-state index contributed by atoms with van der Waals surface area (Å²) in [6.45, 7) is 0.322. The predicted octanol–water partition coefficient (Wildman–Crippen LogP) is 6.91. The SMILES string of the molecule is O=C(C1c2ccccc2Oc2ccccc21)N(Cc1ccccc1)c1nc2c(F)cccc2s1. The fraction of sp³-hybridized carbons (Fsp3) is 0.0714. The Morgan fingerprint density at radius 3 is 2.18 bits per heavy atom. The van der Waals surface area contributed by atoms with Crippen LogP contribution in [0.4, 0.5) is 9.52 Å². The van der Waals surface area contributed by atoms with Crippen molar-refractivity contribution in [1.29, 1.82) is 0 Å². The second-order valence-corrected chi connectivity index (χ2v) is 9.11. The van der Waals surface area contributed by atoms with E-state index in [0.717, 1.165) is 16.7 Å². The van der Waals surface area contributed by atoms with Gasteiger partial charge in [0.2, 0.25) is 5.91 Å². The lowest BCUT2D eigenvalue weighted by atomic mass is 9.87. The summed E-state index contributed by atoms with van der Waals surface area (Å²) in [5, 5.41) is 0.468. The Morgan fingerprint density at radius 1 is 0.853 bits per heavy atom. The zero-order valence-corrected chi connectivity index (χ0v) is 18.8. The van der Waals surface area contributed by atoms with E-state index in [1.165, 1.54) is 17.4 Å². The summed E-state index contributed by atoms with van der Waals surface area (Å²) >= 11 is 1.32. The largest absolute Gasteiger partial charge is 0.457 e. The van der Waals surface area contributed by atoms with Gasteiger partial charge in [0.05, 0.1) is 17.2 Å². The van der Waals surface area contributed by atoms with Crippen molar-refractivity contribution < 1.29 is 13.9 Å². The summed E-state index contributed by atoms with van der Waals surface area (Å²) in [6.07, 6.45) is 0. The zero-order valence-electron chi connectivity index (χ0n) is 18.0. The van der Waals surface area contributed by atoms with Gasteiger partial charge in [-0.15, -0.1) is 0 Å². The van der Waals surface area contributed by atoms with Crippen LogP contribution in [-0.4, -0.2) is 10.9 Å². The topological polar surface area (TPSA) is 42.4 Å². The molecule has 0 fully saturated rings. The number of aromatic nitrogens is 1. The number of benzene rings is 4. The van der Waals surface area contributed by atoms with Crippen LogP contribution in [0.5, 0.6) is 11.5 Å². The summed E-state index contributed by atoms with van der Waals surface area (Å²) in [5.74, 6) is 0.228.